The minimum absolute atomic E-state index is 0.126. The van der Waals surface area contributed by atoms with Crippen molar-refractivity contribution in [3.63, 3.8) is 0 Å². The number of sulfonamides is 1. The Morgan fingerprint density at radius 1 is 1.04 bits per heavy atom. The fourth-order valence-electron chi connectivity index (χ4n) is 2.79. The number of carbonyl (C=O) groups excluding carboxylic acids is 1. The minimum Gasteiger partial charge on any atom is -0.311 e. The maximum absolute atomic E-state index is 12.4. The van der Waals surface area contributed by atoms with E-state index in [0.29, 0.717) is 5.92 Å². The van der Waals surface area contributed by atoms with E-state index >= 15 is 0 Å². The maximum Gasteiger partial charge on any atom is 0.240 e. The van der Waals surface area contributed by atoms with Gasteiger partial charge in [0.2, 0.25) is 15.9 Å². The SMILES string of the molecule is CCc1ccc(S(=O)(=O)NCCN(C(C)=O)c2ccc(C(C)C)cc2)cc1. The molecule has 0 atom stereocenters. The summed E-state index contributed by atoms with van der Waals surface area (Å²) in [6.07, 6.45) is 0.858. The predicted octanol–water partition coefficient (Wildman–Crippen LogP) is 3.70. The zero-order valence-electron chi connectivity index (χ0n) is 16.4. The summed E-state index contributed by atoms with van der Waals surface area (Å²) < 4.78 is 27.4. The molecule has 0 aliphatic heterocycles. The first-order valence-electron chi connectivity index (χ1n) is 9.21. The van der Waals surface area contributed by atoms with Crippen molar-refractivity contribution >= 4 is 21.6 Å². The quantitative estimate of drug-likeness (QED) is 0.750. The van der Waals surface area contributed by atoms with Crippen molar-refractivity contribution in [2.75, 3.05) is 18.0 Å². The zero-order chi connectivity index (χ0) is 20.0. The van der Waals surface area contributed by atoms with Crippen LogP contribution in [0.15, 0.2) is 53.4 Å². The molecule has 2 aromatic rings. The van der Waals surface area contributed by atoms with E-state index in [1.807, 2.05) is 43.3 Å². The molecule has 0 unspecified atom stereocenters. The molecule has 0 saturated heterocycles. The molecule has 1 amide bonds. The lowest BCUT2D eigenvalue weighted by atomic mass is 10.0. The van der Waals surface area contributed by atoms with Gasteiger partial charge in [-0.25, -0.2) is 13.1 Å². The second kappa shape index (κ2) is 9.15. The molecular formula is C21H28N2O3S. The van der Waals surface area contributed by atoms with Gasteiger partial charge in [0.1, 0.15) is 0 Å². The van der Waals surface area contributed by atoms with Crippen molar-refractivity contribution in [3.8, 4) is 0 Å². The summed E-state index contributed by atoms with van der Waals surface area (Å²) in [5.74, 6) is 0.287. The third-order valence-corrected chi connectivity index (χ3v) is 6.00. The van der Waals surface area contributed by atoms with Gasteiger partial charge in [0.05, 0.1) is 4.90 Å². The van der Waals surface area contributed by atoms with Crippen molar-refractivity contribution in [1.29, 1.82) is 0 Å². The second-order valence-corrected chi connectivity index (χ2v) is 8.58. The number of nitrogens with one attached hydrogen (secondary N) is 1. The van der Waals surface area contributed by atoms with Gasteiger partial charge in [-0.15, -0.1) is 0 Å². The summed E-state index contributed by atoms with van der Waals surface area (Å²) in [6, 6.07) is 14.6. The Balaban J connectivity index is 2.04. The first kappa shape index (κ1) is 21.1. The molecule has 0 fully saturated rings. The predicted molar refractivity (Wildman–Crippen MR) is 110 cm³/mol. The van der Waals surface area contributed by atoms with Gasteiger partial charge in [0.25, 0.3) is 0 Å². The first-order valence-corrected chi connectivity index (χ1v) is 10.7. The Hall–Kier alpha value is -2.18. The third-order valence-electron chi connectivity index (χ3n) is 4.52. The summed E-state index contributed by atoms with van der Waals surface area (Å²) in [7, 11) is -3.59. The Morgan fingerprint density at radius 2 is 1.63 bits per heavy atom. The van der Waals surface area contributed by atoms with Gasteiger partial charge >= 0.3 is 0 Å². The van der Waals surface area contributed by atoms with Crippen LogP contribution in [-0.4, -0.2) is 27.4 Å². The maximum atomic E-state index is 12.4. The number of carbonyl (C=O) groups is 1. The summed E-state index contributed by atoms with van der Waals surface area (Å²) in [5.41, 5.74) is 3.04. The first-order chi connectivity index (χ1) is 12.7. The second-order valence-electron chi connectivity index (χ2n) is 6.81. The molecule has 0 aliphatic rings. The molecule has 0 radical (unpaired) electrons. The van der Waals surface area contributed by atoms with Gasteiger partial charge in [-0.3, -0.25) is 4.79 Å². The molecule has 1 N–H and O–H groups in total. The Labute approximate surface area is 162 Å². The van der Waals surface area contributed by atoms with Crippen molar-refractivity contribution in [2.24, 2.45) is 0 Å². The molecule has 0 spiro atoms. The van der Waals surface area contributed by atoms with Crippen LogP contribution in [0.25, 0.3) is 0 Å². The smallest absolute Gasteiger partial charge is 0.240 e. The summed E-state index contributed by atoms with van der Waals surface area (Å²) in [4.78, 5) is 13.8. The summed E-state index contributed by atoms with van der Waals surface area (Å²) >= 11 is 0. The lowest BCUT2D eigenvalue weighted by molar-refractivity contribution is -0.116. The van der Waals surface area contributed by atoms with Crippen molar-refractivity contribution < 1.29 is 13.2 Å². The van der Waals surface area contributed by atoms with Crippen LogP contribution in [-0.2, 0) is 21.2 Å². The van der Waals surface area contributed by atoms with E-state index in [4.69, 9.17) is 0 Å². The standard InChI is InChI=1S/C21H28N2O3S/c1-5-18-6-12-21(13-7-18)27(25,26)22-14-15-23(17(4)24)20-10-8-19(9-11-20)16(2)3/h6-13,16,22H,5,14-15H2,1-4H3. The van der Waals surface area contributed by atoms with Crippen LogP contribution in [0, 0.1) is 0 Å². The number of anilines is 1. The summed E-state index contributed by atoms with van der Waals surface area (Å²) in [5, 5.41) is 0. The highest BCUT2D eigenvalue weighted by Gasteiger charge is 2.16. The van der Waals surface area contributed by atoms with Gasteiger partial charge < -0.3 is 4.90 Å². The highest BCUT2D eigenvalue weighted by atomic mass is 32.2. The molecule has 0 aromatic heterocycles. The molecule has 6 heteroatoms. The fraction of sp³-hybridized carbons (Fsp3) is 0.381. The Bertz CT molecular complexity index is 857. The number of amides is 1. The monoisotopic (exact) mass is 388 g/mol. The van der Waals surface area contributed by atoms with Crippen LogP contribution in [0.1, 0.15) is 44.7 Å². The van der Waals surface area contributed by atoms with Crippen LogP contribution >= 0.6 is 0 Å². The average Bonchev–Trinajstić information content (AvgIpc) is 2.65. The van der Waals surface area contributed by atoms with Crippen LogP contribution in [0.3, 0.4) is 0 Å². The zero-order valence-corrected chi connectivity index (χ0v) is 17.2. The number of benzene rings is 2. The number of hydrogen-bond donors (Lipinski definition) is 1. The molecular weight excluding hydrogens is 360 g/mol. The molecule has 5 nitrogen and oxygen atoms in total. The number of nitrogens with zero attached hydrogens (tertiary/aromatic N) is 1. The van der Waals surface area contributed by atoms with E-state index in [9.17, 15) is 13.2 Å². The molecule has 27 heavy (non-hydrogen) atoms. The molecule has 0 saturated carbocycles. The fourth-order valence-corrected chi connectivity index (χ4v) is 3.81. The van der Waals surface area contributed by atoms with Crippen molar-refractivity contribution in [2.45, 2.75) is 44.9 Å². The Morgan fingerprint density at radius 3 is 2.11 bits per heavy atom. The topological polar surface area (TPSA) is 66.5 Å². The highest BCUT2D eigenvalue weighted by Crippen LogP contribution is 2.20. The van der Waals surface area contributed by atoms with E-state index in [-0.39, 0.29) is 23.9 Å². The molecule has 2 aromatic carbocycles. The van der Waals surface area contributed by atoms with E-state index < -0.39 is 10.0 Å². The third kappa shape index (κ3) is 5.65. The Kier molecular flexibility index (Phi) is 7.16. The van der Waals surface area contributed by atoms with Gasteiger partial charge in [-0.1, -0.05) is 45.0 Å². The molecule has 0 aliphatic carbocycles. The minimum atomic E-state index is -3.59. The number of aryl methyl sites for hydroxylation is 1. The molecule has 0 bridgehead atoms. The van der Waals surface area contributed by atoms with Crippen molar-refractivity contribution in [3.05, 3.63) is 59.7 Å². The number of rotatable bonds is 8. The van der Waals surface area contributed by atoms with Gasteiger partial charge in [-0.2, -0.15) is 0 Å². The van der Waals surface area contributed by atoms with Crippen LogP contribution in [0.4, 0.5) is 5.69 Å². The summed E-state index contributed by atoms with van der Waals surface area (Å²) in [6.45, 7) is 8.13. The molecule has 0 heterocycles. The highest BCUT2D eigenvalue weighted by molar-refractivity contribution is 7.89. The van der Waals surface area contributed by atoms with Gasteiger partial charge in [-0.05, 0) is 47.7 Å². The lowest BCUT2D eigenvalue weighted by Gasteiger charge is -2.22. The van der Waals surface area contributed by atoms with Crippen LogP contribution < -0.4 is 9.62 Å². The molecule has 146 valence electrons. The lowest BCUT2D eigenvalue weighted by Crippen LogP contribution is -2.37. The van der Waals surface area contributed by atoms with Gasteiger partial charge in [0, 0.05) is 25.7 Å². The van der Waals surface area contributed by atoms with Gasteiger partial charge in [0.15, 0.2) is 0 Å². The van der Waals surface area contributed by atoms with E-state index in [0.717, 1.165) is 17.7 Å². The van der Waals surface area contributed by atoms with E-state index in [2.05, 4.69) is 18.6 Å². The average molecular weight is 389 g/mol. The van der Waals surface area contributed by atoms with E-state index in [1.54, 1.807) is 17.0 Å². The normalized spacial score (nSPS) is 11.6. The van der Waals surface area contributed by atoms with Crippen LogP contribution in [0.2, 0.25) is 0 Å². The largest absolute Gasteiger partial charge is 0.311 e. The van der Waals surface area contributed by atoms with Crippen molar-refractivity contribution in [1.82, 2.24) is 4.72 Å². The molecule has 2 rings (SSSR count). The van der Waals surface area contributed by atoms with Crippen LogP contribution in [0.5, 0.6) is 0 Å². The van der Waals surface area contributed by atoms with E-state index in [1.165, 1.54) is 12.5 Å². The number of hydrogen-bond acceptors (Lipinski definition) is 3.